The molecule has 0 aliphatic heterocycles. The Labute approximate surface area is 116 Å². The van der Waals surface area contributed by atoms with E-state index >= 15 is 0 Å². The summed E-state index contributed by atoms with van der Waals surface area (Å²) in [5.74, 6) is -0.639. The minimum absolute atomic E-state index is 0.345. The zero-order valence-electron chi connectivity index (χ0n) is 10.9. The molecule has 0 atom stereocenters. The number of benzene rings is 2. The van der Waals surface area contributed by atoms with Gasteiger partial charge in [0.05, 0.1) is 18.4 Å². The van der Waals surface area contributed by atoms with Crippen LogP contribution in [-0.2, 0) is 9.57 Å². The molecule has 2 aromatic rings. The van der Waals surface area contributed by atoms with Gasteiger partial charge in [-0.25, -0.2) is 9.59 Å². The van der Waals surface area contributed by atoms with E-state index in [9.17, 15) is 9.59 Å². The molecule has 5 nitrogen and oxygen atoms in total. The van der Waals surface area contributed by atoms with Gasteiger partial charge in [0, 0.05) is 0 Å². The third-order valence-electron chi connectivity index (χ3n) is 2.51. The van der Waals surface area contributed by atoms with Crippen LogP contribution < -0.4 is 5.06 Å². The average molecular weight is 271 g/mol. The first-order chi connectivity index (χ1) is 9.72. The monoisotopic (exact) mass is 271 g/mol. The Balaban J connectivity index is 2.21. The molecule has 0 saturated carbocycles. The lowest BCUT2D eigenvalue weighted by atomic mass is 10.2. The first-order valence-electron chi connectivity index (χ1n) is 5.93. The highest BCUT2D eigenvalue weighted by molar-refractivity contribution is 5.94. The summed E-state index contributed by atoms with van der Waals surface area (Å²) in [4.78, 5) is 28.8. The lowest BCUT2D eigenvalue weighted by Crippen LogP contribution is -2.33. The number of carbonyl (C=O) groups is 2. The fraction of sp³-hybridized carbons (Fsp3) is 0.0667. The summed E-state index contributed by atoms with van der Waals surface area (Å²) in [5, 5.41) is 0.815. The van der Waals surface area contributed by atoms with Gasteiger partial charge in [0.25, 0.3) is 0 Å². The van der Waals surface area contributed by atoms with Crippen LogP contribution in [0.1, 0.15) is 10.4 Å². The summed E-state index contributed by atoms with van der Waals surface area (Å²) in [6.07, 6.45) is -0.777. The molecule has 102 valence electrons. The van der Waals surface area contributed by atoms with Gasteiger partial charge in [-0.3, -0.25) is 0 Å². The number of hydroxylamine groups is 1. The predicted molar refractivity (Wildman–Crippen MR) is 73.2 cm³/mol. The van der Waals surface area contributed by atoms with E-state index in [0.717, 1.165) is 5.06 Å². The van der Waals surface area contributed by atoms with Crippen molar-refractivity contribution in [2.24, 2.45) is 0 Å². The highest BCUT2D eigenvalue weighted by Gasteiger charge is 2.22. The zero-order chi connectivity index (χ0) is 14.4. The molecule has 0 aliphatic rings. The van der Waals surface area contributed by atoms with Gasteiger partial charge in [-0.05, 0) is 24.3 Å². The number of nitrogens with zero attached hydrogens (tertiary/aromatic N) is 1. The van der Waals surface area contributed by atoms with Crippen LogP contribution >= 0.6 is 0 Å². The van der Waals surface area contributed by atoms with Gasteiger partial charge in [0.2, 0.25) is 0 Å². The van der Waals surface area contributed by atoms with Gasteiger partial charge in [0.1, 0.15) is 0 Å². The van der Waals surface area contributed by atoms with Crippen molar-refractivity contribution in [1.82, 2.24) is 0 Å². The molecule has 0 N–H and O–H groups in total. The first-order valence-corrected chi connectivity index (χ1v) is 5.93. The third-order valence-corrected chi connectivity index (χ3v) is 2.51. The van der Waals surface area contributed by atoms with Gasteiger partial charge < -0.3 is 9.57 Å². The van der Waals surface area contributed by atoms with E-state index in [-0.39, 0.29) is 0 Å². The maximum atomic E-state index is 12.0. The molecule has 5 heteroatoms. The van der Waals surface area contributed by atoms with E-state index in [1.807, 2.05) is 0 Å². The number of rotatable bonds is 2. The SMILES string of the molecule is COC(=O)N(OC(=O)c1ccccc1)c1ccccc1. The van der Waals surface area contributed by atoms with E-state index in [4.69, 9.17) is 4.84 Å². The van der Waals surface area contributed by atoms with Crippen molar-refractivity contribution >= 4 is 17.7 Å². The molecule has 0 bridgehead atoms. The van der Waals surface area contributed by atoms with Crippen LogP contribution in [0, 0.1) is 0 Å². The molecular formula is C15H13NO4. The Kier molecular flexibility index (Phi) is 4.34. The van der Waals surface area contributed by atoms with Crippen molar-refractivity contribution in [3.63, 3.8) is 0 Å². The summed E-state index contributed by atoms with van der Waals surface area (Å²) in [5.41, 5.74) is 0.751. The van der Waals surface area contributed by atoms with Gasteiger partial charge in [0.15, 0.2) is 0 Å². The number of hydrogen-bond donors (Lipinski definition) is 0. The van der Waals surface area contributed by atoms with Crippen molar-refractivity contribution in [1.29, 1.82) is 0 Å². The van der Waals surface area contributed by atoms with E-state index < -0.39 is 12.1 Å². The second-order valence-electron chi connectivity index (χ2n) is 3.84. The molecule has 20 heavy (non-hydrogen) atoms. The van der Waals surface area contributed by atoms with Crippen LogP contribution in [0.4, 0.5) is 10.5 Å². The lowest BCUT2D eigenvalue weighted by Gasteiger charge is -2.19. The highest BCUT2D eigenvalue weighted by atomic mass is 16.7. The van der Waals surface area contributed by atoms with Crippen LogP contribution in [0.3, 0.4) is 0 Å². The molecule has 0 fully saturated rings. The van der Waals surface area contributed by atoms with E-state index in [2.05, 4.69) is 4.74 Å². The number of para-hydroxylation sites is 1. The number of amides is 1. The summed E-state index contributed by atoms with van der Waals surface area (Å²) < 4.78 is 4.61. The van der Waals surface area contributed by atoms with E-state index in [1.54, 1.807) is 60.7 Å². The Morgan fingerprint density at radius 3 is 2.00 bits per heavy atom. The minimum atomic E-state index is -0.777. The molecule has 0 heterocycles. The third kappa shape index (κ3) is 3.14. The van der Waals surface area contributed by atoms with Gasteiger partial charge in [-0.1, -0.05) is 36.4 Å². The normalized spacial score (nSPS) is 9.65. The maximum Gasteiger partial charge on any atom is 0.447 e. The molecule has 0 saturated heterocycles. The second kappa shape index (κ2) is 6.38. The average Bonchev–Trinajstić information content (AvgIpc) is 2.53. The molecule has 0 aromatic heterocycles. The fourth-order valence-electron chi connectivity index (χ4n) is 1.55. The Morgan fingerprint density at radius 1 is 0.900 bits per heavy atom. The largest absolute Gasteiger partial charge is 0.450 e. The molecule has 1 amide bonds. The quantitative estimate of drug-likeness (QED) is 0.788. The summed E-state index contributed by atoms with van der Waals surface area (Å²) in [7, 11) is 1.22. The van der Waals surface area contributed by atoms with Crippen LogP contribution in [-0.4, -0.2) is 19.2 Å². The maximum absolute atomic E-state index is 12.0. The highest BCUT2D eigenvalue weighted by Crippen LogP contribution is 2.16. The molecule has 0 radical (unpaired) electrons. The topological polar surface area (TPSA) is 55.8 Å². The molecule has 2 aromatic carbocycles. The van der Waals surface area contributed by atoms with E-state index in [1.165, 1.54) is 7.11 Å². The van der Waals surface area contributed by atoms with Gasteiger partial charge >= 0.3 is 12.1 Å². The van der Waals surface area contributed by atoms with Crippen molar-refractivity contribution < 1.29 is 19.2 Å². The first kappa shape index (κ1) is 13.6. The van der Waals surface area contributed by atoms with Crippen LogP contribution in [0.2, 0.25) is 0 Å². The van der Waals surface area contributed by atoms with Crippen LogP contribution in [0.15, 0.2) is 60.7 Å². The molecular weight excluding hydrogens is 258 g/mol. The fourth-order valence-corrected chi connectivity index (χ4v) is 1.55. The number of hydrogen-bond acceptors (Lipinski definition) is 4. The lowest BCUT2D eigenvalue weighted by molar-refractivity contribution is 0.0430. The smallest absolute Gasteiger partial charge is 0.447 e. The zero-order valence-corrected chi connectivity index (χ0v) is 10.9. The molecule has 0 aliphatic carbocycles. The Hall–Kier alpha value is -2.82. The summed E-state index contributed by atoms with van der Waals surface area (Å²) >= 11 is 0. The van der Waals surface area contributed by atoms with Crippen LogP contribution in [0.5, 0.6) is 0 Å². The van der Waals surface area contributed by atoms with Gasteiger partial charge in [-0.2, -0.15) is 0 Å². The Bertz CT molecular complexity index is 583. The summed E-state index contributed by atoms with van der Waals surface area (Å²) in [6, 6.07) is 16.9. The number of methoxy groups -OCH3 is 1. The minimum Gasteiger partial charge on any atom is -0.450 e. The predicted octanol–water partition coefficient (Wildman–Crippen LogP) is 3.03. The van der Waals surface area contributed by atoms with Gasteiger partial charge in [-0.15, -0.1) is 5.06 Å². The van der Waals surface area contributed by atoms with Crippen molar-refractivity contribution in [2.45, 2.75) is 0 Å². The molecule has 0 spiro atoms. The standard InChI is InChI=1S/C15H13NO4/c1-19-15(18)16(13-10-6-3-7-11-13)20-14(17)12-8-4-2-5-9-12/h2-11H,1H3. The van der Waals surface area contributed by atoms with Crippen LogP contribution in [0.25, 0.3) is 0 Å². The molecule has 0 unspecified atom stereocenters. The number of ether oxygens (including phenoxy) is 1. The second-order valence-corrected chi connectivity index (χ2v) is 3.84. The molecule has 2 rings (SSSR count). The van der Waals surface area contributed by atoms with E-state index in [0.29, 0.717) is 11.3 Å². The summed E-state index contributed by atoms with van der Waals surface area (Å²) in [6.45, 7) is 0. The van der Waals surface area contributed by atoms with Crippen molar-refractivity contribution in [2.75, 3.05) is 12.2 Å². The Morgan fingerprint density at radius 2 is 1.45 bits per heavy atom. The van der Waals surface area contributed by atoms with Crippen molar-refractivity contribution in [3.05, 3.63) is 66.2 Å². The number of anilines is 1. The van der Waals surface area contributed by atoms with Crippen molar-refractivity contribution in [3.8, 4) is 0 Å². The number of carbonyl (C=O) groups excluding carboxylic acids is 2.